The van der Waals surface area contributed by atoms with Gasteiger partial charge in [-0.15, -0.1) is 5.10 Å². The molecular weight excluding hydrogens is 430 g/mol. The summed E-state index contributed by atoms with van der Waals surface area (Å²) in [4.78, 5) is 24.6. The van der Waals surface area contributed by atoms with E-state index in [1.165, 1.54) is 27.8 Å². The Morgan fingerprint density at radius 1 is 1.15 bits per heavy atom. The predicted molar refractivity (Wildman–Crippen MR) is 118 cm³/mol. The van der Waals surface area contributed by atoms with Gasteiger partial charge in [-0.25, -0.2) is 28.2 Å². The fraction of sp³-hybridized carbons (Fsp3) is 0.273. The third-order valence-electron chi connectivity index (χ3n) is 6.02. The first kappa shape index (κ1) is 19.6. The zero-order valence-corrected chi connectivity index (χ0v) is 17.5. The molecule has 0 bridgehead atoms. The minimum absolute atomic E-state index is 0.0668. The van der Waals surface area contributed by atoms with Gasteiger partial charge in [-0.05, 0) is 24.3 Å². The zero-order valence-electron chi connectivity index (χ0n) is 17.5. The number of urea groups is 1. The quantitative estimate of drug-likeness (QED) is 0.519. The standard InChI is InChI=1S/C22H20F2N8O/c23-15-11-31(12-15)22(33)27-16-1-2-18(24)19(8-16)32-10-14-7-17(9-26-21(14)28-32)30-6-5-29-4-3-25-20(29)13-30/h1-4,7-10,15H,5-6,11-13H2,(H,27,33). The van der Waals surface area contributed by atoms with Gasteiger partial charge in [0.05, 0.1) is 31.5 Å². The van der Waals surface area contributed by atoms with Crippen molar-refractivity contribution in [1.82, 2.24) is 29.2 Å². The number of hydrogen-bond acceptors (Lipinski definition) is 5. The molecule has 1 N–H and O–H groups in total. The van der Waals surface area contributed by atoms with E-state index in [1.807, 2.05) is 12.3 Å². The second kappa shape index (κ2) is 7.54. The summed E-state index contributed by atoms with van der Waals surface area (Å²) in [7, 11) is 0. The molecule has 0 saturated carbocycles. The molecule has 6 rings (SSSR count). The Balaban J connectivity index is 1.26. The number of alkyl halides is 1. The van der Waals surface area contributed by atoms with Gasteiger partial charge in [0.15, 0.2) is 5.65 Å². The molecule has 0 atom stereocenters. The Morgan fingerprint density at radius 3 is 2.88 bits per heavy atom. The molecule has 1 aromatic carbocycles. The average Bonchev–Trinajstić information content (AvgIpc) is 3.43. The highest BCUT2D eigenvalue weighted by atomic mass is 19.1. The summed E-state index contributed by atoms with van der Waals surface area (Å²) >= 11 is 0. The summed E-state index contributed by atoms with van der Waals surface area (Å²) in [6.07, 6.45) is 6.27. The molecule has 2 amide bonds. The molecule has 2 aliphatic heterocycles. The highest BCUT2D eigenvalue weighted by Crippen LogP contribution is 2.26. The second-order valence-electron chi connectivity index (χ2n) is 8.24. The van der Waals surface area contributed by atoms with Crippen molar-refractivity contribution in [3.8, 4) is 5.69 Å². The largest absolute Gasteiger partial charge is 0.361 e. The SMILES string of the molecule is O=C(Nc1ccc(F)c(-n2cc3cc(N4CCn5ccnc5C4)cnc3n2)c1)N1CC(F)C1. The van der Waals surface area contributed by atoms with Crippen molar-refractivity contribution in [1.29, 1.82) is 0 Å². The lowest BCUT2D eigenvalue weighted by atomic mass is 10.2. The summed E-state index contributed by atoms with van der Waals surface area (Å²) in [5.41, 5.74) is 2.01. The molecule has 1 fully saturated rings. The summed E-state index contributed by atoms with van der Waals surface area (Å²) in [5.74, 6) is 0.509. The van der Waals surface area contributed by atoms with Crippen LogP contribution in [0.2, 0.25) is 0 Å². The minimum Gasteiger partial charge on any atom is -0.361 e. The van der Waals surface area contributed by atoms with Gasteiger partial charge < -0.3 is 19.7 Å². The molecule has 5 heterocycles. The first-order chi connectivity index (χ1) is 16.0. The number of amides is 2. The number of nitrogens with one attached hydrogen (secondary N) is 1. The molecule has 168 valence electrons. The second-order valence-corrected chi connectivity index (χ2v) is 8.24. The number of benzene rings is 1. The number of likely N-dealkylation sites (tertiary alicyclic amines) is 1. The lowest BCUT2D eigenvalue weighted by Gasteiger charge is -2.34. The molecule has 2 aliphatic rings. The molecule has 9 nitrogen and oxygen atoms in total. The van der Waals surface area contributed by atoms with E-state index in [9.17, 15) is 13.6 Å². The van der Waals surface area contributed by atoms with Crippen molar-refractivity contribution < 1.29 is 13.6 Å². The topological polar surface area (TPSA) is 84.1 Å². The van der Waals surface area contributed by atoms with Gasteiger partial charge in [0, 0.05) is 42.8 Å². The third kappa shape index (κ3) is 3.55. The monoisotopic (exact) mass is 450 g/mol. The van der Waals surface area contributed by atoms with Crippen LogP contribution in [-0.2, 0) is 13.1 Å². The minimum atomic E-state index is -0.986. The van der Waals surface area contributed by atoms with Crippen molar-refractivity contribution in [2.75, 3.05) is 29.9 Å². The Kier molecular flexibility index (Phi) is 4.49. The number of imidazole rings is 1. The molecule has 0 spiro atoms. The van der Waals surface area contributed by atoms with E-state index in [4.69, 9.17) is 0 Å². The maximum Gasteiger partial charge on any atom is 0.322 e. The molecule has 3 aromatic heterocycles. The first-order valence-corrected chi connectivity index (χ1v) is 10.6. The van der Waals surface area contributed by atoms with Crippen LogP contribution in [0.3, 0.4) is 0 Å². The zero-order chi connectivity index (χ0) is 22.5. The van der Waals surface area contributed by atoms with Crippen LogP contribution in [-0.4, -0.2) is 61.1 Å². The van der Waals surface area contributed by atoms with Crippen LogP contribution < -0.4 is 10.2 Å². The highest BCUT2D eigenvalue weighted by Gasteiger charge is 2.30. The van der Waals surface area contributed by atoms with Gasteiger partial charge >= 0.3 is 6.03 Å². The first-order valence-electron chi connectivity index (χ1n) is 10.6. The van der Waals surface area contributed by atoms with Gasteiger partial charge in [0.1, 0.15) is 23.5 Å². The van der Waals surface area contributed by atoms with Crippen molar-refractivity contribution in [2.45, 2.75) is 19.3 Å². The normalized spacial score (nSPS) is 16.1. The third-order valence-corrected chi connectivity index (χ3v) is 6.02. The number of anilines is 2. The van der Waals surface area contributed by atoms with Crippen LogP contribution in [0.5, 0.6) is 0 Å². The van der Waals surface area contributed by atoms with Crippen molar-refractivity contribution in [3.63, 3.8) is 0 Å². The summed E-state index contributed by atoms with van der Waals surface area (Å²) in [6, 6.07) is 5.78. The number of hydrogen-bond donors (Lipinski definition) is 1. The van der Waals surface area contributed by atoms with Crippen molar-refractivity contribution in [2.24, 2.45) is 0 Å². The fourth-order valence-electron chi connectivity index (χ4n) is 4.15. The Bertz CT molecular complexity index is 1360. The van der Waals surface area contributed by atoms with Crippen molar-refractivity contribution in [3.05, 3.63) is 60.7 Å². The van der Waals surface area contributed by atoms with Gasteiger partial charge in [0.2, 0.25) is 0 Å². The van der Waals surface area contributed by atoms with Crippen LogP contribution in [0, 0.1) is 5.82 Å². The number of rotatable bonds is 3. The Hall–Kier alpha value is -4.02. The van der Waals surface area contributed by atoms with Crippen LogP contribution in [0.1, 0.15) is 5.82 Å². The van der Waals surface area contributed by atoms with Crippen LogP contribution in [0.4, 0.5) is 25.0 Å². The number of nitrogens with zero attached hydrogens (tertiary/aromatic N) is 7. The van der Waals surface area contributed by atoms with Crippen molar-refractivity contribution >= 4 is 28.4 Å². The summed E-state index contributed by atoms with van der Waals surface area (Å²) in [5, 5.41) is 7.85. The summed E-state index contributed by atoms with van der Waals surface area (Å²) < 4.78 is 31.2. The molecule has 0 aliphatic carbocycles. The maximum atomic E-state index is 14.6. The Labute approximate surface area is 187 Å². The molecule has 1 saturated heterocycles. The summed E-state index contributed by atoms with van der Waals surface area (Å²) in [6.45, 7) is 2.50. The molecular formula is C22H20F2N8O. The molecule has 33 heavy (non-hydrogen) atoms. The number of carbonyl (C=O) groups is 1. The average molecular weight is 450 g/mol. The Morgan fingerprint density at radius 2 is 2.03 bits per heavy atom. The molecule has 0 radical (unpaired) electrons. The van der Waals surface area contributed by atoms with Crippen LogP contribution >= 0.6 is 0 Å². The number of halogens is 2. The van der Waals surface area contributed by atoms with Gasteiger partial charge in [0.25, 0.3) is 0 Å². The molecule has 0 unspecified atom stereocenters. The van der Waals surface area contributed by atoms with E-state index in [2.05, 4.69) is 29.9 Å². The number of aromatic nitrogens is 5. The smallest absolute Gasteiger partial charge is 0.322 e. The van der Waals surface area contributed by atoms with E-state index in [-0.39, 0.29) is 18.8 Å². The number of fused-ring (bicyclic) bond motifs is 2. The van der Waals surface area contributed by atoms with E-state index in [0.29, 0.717) is 17.9 Å². The van der Waals surface area contributed by atoms with E-state index in [0.717, 1.165) is 30.0 Å². The predicted octanol–water partition coefficient (Wildman–Crippen LogP) is 2.96. The number of carbonyl (C=O) groups excluding carboxylic acids is 1. The van der Waals surface area contributed by atoms with Gasteiger partial charge in [-0.3, -0.25) is 0 Å². The molecule has 11 heteroatoms. The van der Waals surface area contributed by atoms with Crippen LogP contribution in [0.15, 0.2) is 49.1 Å². The van der Waals surface area contributed by atoms with Gasteiger partial charge in [-0.2, -0.15) is 0 Å². The van der Waals surface area contributed by atoms with E-state index in [1.54, 1.807) is 18.6 Å². The fourth-order valence-corrected chi connectivity index (χ4v) is 4.15. The lowest BCUT2D eigenvalue weighted by molar-refractivity contribution is 0.0974. The highest BCUT2D eigenvalue weighted by molar-refractivity contribution is 5.90. The molecule has 4 aromatic rings. The van der Waals surface area contributed by atoms with Crippen LogP contribution in [0.25, 0.3) is 16.7 Å². The van der Waals surface area contributed by atoms with Gasteiger partial charge in [-0.1, -0.05) is 0 Å². The van der Waals surface area contributed by atoms with E-state index >= 15 is 0 Å². The maximum absolute atomic E-state index is 14.6. The number of pyridine rings is 1. The van der Waals surface area contributed by atoms with E-state index < -0.39 is 18.0 Å². The lowest BCUT2D eigenvalue weighted by Crippen LogP contribution is -2.53.